The molecule has 1 aliphatic rings. The predicted molar refractivity (Wildman–Crippen MR) is 134 cm³/mol. The fourth-order valence-corrected chi connectivity index (χ4v) is 6.45. The first kappa shape index (κ1) is 28.1. The summed E-state index contributed by atoms with van der Waals surface area (Å²) < 4.78 is 64.5. The number of sulfonamides is 1. The van der Waals surface area contributed by atoms with Crippen molar-refractivity contribution < 1.29 is 26.4 Å². The summed E-state index contributed by atoms with van der Waals surface area (Å²) in [4.78, 5) is 13.3. The Balaban J connectivity index is 1.80. The van der Waals surface area contributed by atoms with Crippen molar-refractivity contribution in [1.29, 1.82) is 0 Å². The lowest BCUT2D eigenvalue weighted by Gasteiger charge is -2.45. The molecular weight excluding hydrogens is 491 g/mol. The Bertz CT molecular complexity index is 1120. The molecule has 0 saturated carbocycles. The smallest absolute Gasteiger partial charge is 0.349 e. The van der Waals surface area contributed by atoms with Gasteiger partial charge in [-0.2, -0.15) is 13.2 Å². The van der Waals surface area contributed by atoms with Crippen molar-refractivity contribution in [2.75, 3.05) is 25.4 Å². The maximum atomic E-state index is 13.3. The zero-order chi connectivity index (χ0) is 26.4. The van der Waals surface area contributed by atoms with Crippen LogP contribution < -0.4 is 10.6 Å². The molecule has 2 N–H and O–H groups in total. The molecule has 2 aromatic rings. The number of rotatable bonds is 10. The second-order valence-corrected chi connectivity index (χ2v) is 11.4. The minimum Gasteiger partial charge on any atom is -0.349 e. The van der Waals surface area contributed by atoms with E-state index in [0.29, 0.717) is 43.5 Å². The van der Waals surface area contributed by atoms with Crippen molar-refractivity contribution in [2.45, 2.75) is 57.3 Å². The normalized spacial score (nSPS) is 17.5. The largest absolute Gasteiger partial charge is 0.401 e. The van der Waals surface area contributed by atoms with Crippen molar-refractivity contribution in [3.05, 3.63) is 71.3 Å². The van der Waals surface area contributed by atoms with Crippen LogP contribution in [-0.2, 0) is 22.0 Å². The number of halogens is 3. The van der Waals surface area contributed by atoms with Gasteiger partial charge in [0.25, 0.3) is 5.91 Å². The van der Waals surface area contributed by atoms with Crippen LogP contribution in [0, 0.1) is 0 Å². The van der Waals surface area contributed by atoms with Gasteiger partial charge in [-0.05, 0) is 43.4 Å². The molecule has 2 aromatic carbocycles. The molecular formula is C26H34F3N3O3S. The highest BCUT2D eigenvalue weighted by molar-refractivity contribution is 7.89. The maximum absolute atomic E-state index is 13.3. The van der Waals surface area contributed by atoms with E-state index in [9.17, 15) is 26.4 Å². The van der Waals surface area contributed by atoms with E-state index >= 15 is 0 Å². The molecule has 0 aliphatic carbocycles. The number of nitrogens with zero attached hydrogens (tertiary/aromatic N) is 1. The molecule has 1 heterocycles. The molecule has 0 bridgehead atoms. The Labute approximate surface area is 211 Å². The number of piperidine rings is 1. The van der Waals surface area contributed by atoms with Crippen LogP contribution in [0.3, 0.4) is 0 Å². The van der Waals surface area contributed by atoms with Crippen LogP contribution in [0.4, 0.5) is 13.2 Å². The molecule has 198 valence electrons. The van der Waals surface area contributed by atoms with Crippen LogP contribution in [-0.4, -0.2) is 56.2 Å². The number of hydrogen-bond acceptors (Lipinski definition) is 4. The quantitative estimate of drug-likeness (QED) is 0.487. The van der Waals surface area contributed by atoms with Crippen molar-refractivity contribution in [3.63, 3.8) is 0 Å². The summed E-state index contributed by atoms with van der Waals surface area (Å²) in [5.41, 5.74) is 1.31. The highest BCUT2D eigenvalue weighted by Gasteiger charge is 2.43. The van der Waals surface area contributed by atoms with Crippen LogP contribution in [0.15, 0.2) is 54.6 Å². The van der Waals surface area contributed by atoms with E-state index in [4.69, 9.17) is 0 Å². The zero-order valence-corrected chi connectivity index (χ0v) is 21.5. The summed E-state index contributed by atoms with van der Waals surface area (Å²) in [7, 11) is -3.32. The Morgan fingerprint density at radius 3 is 2.28 bits per heavy atom. The van der Waals surface area contributed by atoms with Gasteiger partial charge in [0.2, 0.25) is 10.0 Å². The molecule has 0 spiro atoms. The van der Waals surface area contributed by atoms with E-state index in [1.807, 2.05) is 44.2 Å². The highest BCUT2D eigenvalue weighted by atomic mass is 32.2. The minimum absolute atomic E-state index is 0.0917. The fourth-order valence-electron chi connectivity index (χ4n) is 4.94. The summed E-state index contributed by atoms with van der Waals surface area (Å²) in [5.74, 6) is -0.264. The van der Waals surface area contributed by atoms with E-state index in [0.717, 1.165) is 5.56 Å². The first-order valence-corrected chi connectivity index (χ1v) is 13.8. The lowest BCUT2D eigenvalue weighted by Crippen LogP contribution is -2.55. The summed E-state index contributed by atoms with van der Waals surface area (Å²) in [6, 6.07) is 16.0. The van der Waals surface area contributed by atoms with E-state index in [1.54, 1.807) is 24.3 Å². The molecule has 1 amide bonds. The van der Waals surface area contributed by atoms with Crippen LogP contribution in [0.2, 0.25) is 0 Å². The summed E-state index contributed by atoms with van der Waals surface area (Å²) >= 11 is 0. The molecule has 36 heavy (non-hydrogen) atoms. The fraction of sp³-hybridized carbons (Fsp3) is 0.500. The topological polar surface area (TPSA) is 78.5 Å². The van der Waals surface area contributed by atoms with Gasteiger partial charge in [0.15, 0.2) is 0 Å². The number of benzene rings is 2. The molecule has 6 nitrogen and oxygen atoms in total. The SMILES string of the molecule is CCCS(=O)(=O)N1CCC(c2ccccc2)([C@H](C)NC(=O)c2ccccc2CNCC(F)(F)F)CC1. The summed E-state index contributed by atoms with van der Waals surface area (Å²) in [6.07, 6.45) is -2.72. The number of nitrogens with one attached hydrogen (secondary N) is 2. The predicted octanol–water partition coefficient (Wildman–Crippen LogP) is 4.23. The van der Waals surface area contributed by atoms with E-state index < -0.39 is 28.2 Å². The monoisotopic (exact) mass is 525 g/mol. The Morgan fingerprint density at radius 1 is 1.06 bits per heavy atom. The molecule has 0 radical (unpaired) electrons. The Morgan fingerprint density at radius 2 is 1.67 bits per heavy atom. The lowest BCUT2D eigenvalue weighted by atomic mass is 9.68. The molecule has 3 rings (SSSR count). The van der Waals surface area contributed by atoms with Gasteiger partial charge in [0.05, 0.1) is 12.3 Å². The van der Waals surface area contributed by atoms with Gasteiger partial charge in [-0.3, -0.25) is 4.79 Å². The van der Waals surface area contributed by atoms with Gasteiger partial charge in [-0.25, -0.2) is 12.7 Å². The average Bonchev–Trinajstić information content (AvgIpc) is 2.84. The Kier molecular flexibility index (Phi) is 9.18. The summed E-state index contributed by atoms with van der Waals surface area (Å²) in [5, 5.41) is 5.42. The van der Waals surface area contributed by atoms with Gasteiger partial charge in [0, 0.05) is 36.7 Å². The van der Waals surface area contributed by atoms with Crippen LogP contribution in [0.5, 0.6) is 0 Å². The van der Waals surface area contributed by atoms with Gasteiger partial charge in [0.1, 0.15) is 0 Å². The van der Waals surface area contributed by atoms with Gasteiger partial charge >= 0.3 is 6.18 Å². The standard InChI is InChI=1S/C26H34F3N3O3S/c1-3-17-36(34,35)32-15-13-25(14-16-32,22-10-5-4-6-11-22)20(2)31-24(33)23-12-8-7-9-21(23)18-30-19-26(27,28)29/h4-12,20,30H,3,13-19H2,1-2H3,(H,31,33)/t20-/m0/s1. The second-order valence-electron chi connectivity index (χ2n) is 9.31. The van der Waals surface area contributed by atoms with Gasteiger partial charge < -0.3 is 10.6 Å². The van der Waals surface area contributed by atoms with Crippen LogP contribution >= 0.6 is 0 Å². The number of amides is 1. The molecule has 0 unspecified atom stereocenters. The summed E-state index contributed by atoms with van der Waals surface area (Å²) in [6.45, 7) is 3.22. The third kappa shape index (κ3) is 6.86. The third-order valence-corrected chi connectivity index (χ3v) is 8.97. The molecule has 0 aromatic heterocycles. The van der Waals surface area contributed by atoms with Crippen molar-refractivity contribution in [3.8, 4) is 0 Å². The van der Waals surface area contributed by atoms with E-state index in [1.165, 1.54) is 4.31 Å². The first-order valence-electron chi connectivity index (χ1n) is 12.2. The minimum atomic E-state index is -4.34. The van der Waals surface area contributed by atoms with Crippen molar-refractivity contribution in [2.24, 2.45) is 0 Å². The van der Waals surface area contributed by atoms with Crippen molar-refractivity contribution in [1.82, 2.24) is 14.9 Å². The van der Waals surface area contributed by atoms with Crippen molar-refractivity contribution >= 4 is 15.9 Å². The molecule has 1 saturated heterocycles. The molecule has 1 aliphatic heterocycles. The number of hydrogen-bond donors (Lipinski definition) is 2. The average molecular weight is 526 g/mol. The second kappa shape index (κ2) is 11.7. The zero-order valence-electron chi connectivity index (χ0n) is 20.6. The molecule has 1 fully saturated rings. The van der Waals surface area contributed by atoms with Crippen LogP contribution in [0.1, 0.15) is 54.6 Å². The maximum Gasteiger partial charge on any atom is 0.401 e. The van der Waals surface area contributed by atoms with Crippen LogP contribution in [0.25, 0.3) is 0 Å². The number of carbonyl (C=O) groups is 1. The first-order chi connectivity index (χ1) is 17.0. The Hall–Kier alpha value is -2.43. The number of alkyl halides is 3. The molecule has 10 heteroatoms. The molecule has 1 atom stereocenters. The number of carbonyl (C=O) groups excluding carboxylic acids is 1. The lowest BCUT2D eigenvalue weighted by molar-refractivity contribution is -0.125. The van der Waals surface area contributed by atoms with E-state index in [-0.39, 0.29) is 24.2 Å². The van der Waals surface area contributed by atoms with Gasteiger partial charge in [-0.15, -0.1) is 0 Å². The van der Waals surface area contributed by atoms with E-state index in [2.05, 4.69) is 10.6 Å². The highest BCUT2D eigenvalue weighted by Crippen LogP contribution is 2.39. The van der Waals surface area contributed by atoms with Gasteiger partial charge in [-0.1, -0.05) is 55.5 Å². The third-order valence-electron chi connectivity index (χ3n) is 6.90.